The lowest BCUT2D eigenvalue weighted by Gasteiger charge is -2.15. The summed E-state index contributed by atoms with van der Waals surface area (Å²) >= 11 is 0. The third-order valence-corrected chi connectivity index (χ3v) is 6.00. The van der Waals surface area contributed by atoms with Crippen molar-refractivity contribution in [1.29, 1.82) is 0 Å². The van der Waals surface area contributed by atoms with E-state index in [0.29, 0.717) is 12.1 Å². The predicted molar refractivity (Wildman–Crippen MR) is 93.0 cm³/mol. The van der Waals surface area contributed by atoms with Crippen LogP contribution < -0.4 is 5.32 Å². The van der Waals surface area contributed by atoms with Crippen LogP contribution in [0.3, 0.4) is 0 Å². The monoisotopic (exact) mass is 365 g/mol. The zero-order valence-corrected chi connectivity index (χ0v) is 14.9. The summed E-state index contributed by atoms with van der Waals surface area (Å²) in [6.45, 7) is 3.94. The Morgan fingerprint density at radius 3 is 2.56 bits per heavy atom. The maximum atomic E-state index is 13.0. The molecule has 25 heavy (non-hydrogen) atoms. The molecule has 1 amide bonds. The van der Waals surface area contributed by atoms with Crippen LogP contribution in [0.4, 0.5) is 10.1 Å². The molecule has 1 aliphatic rings. The van der Waals surface area contributed by atoms with E-state index in [1.807, 2.05) is 13.8 Å². The van der Waals surface area contributed by atoms with E-state index < -0.39 is 15.7 Å². The number of nitrogens with one attached hydrogen (secondary N) is 1. The SMILES string of the molecule is CC(C)c1cc(C(=O)Nc2ccc(F)cc2)nn1[C@H]1CCS(=O)(=O)C1. The molecule has 2 heterocycles. The normalized spacial score (nSPS) is 19.3. The van der Waals surface area contributed by atoms with Crippen molar-refractivity contribution in [2.24, 2.45) is 0 Å². The number of sulfone groups is 1. The van der Waals surface area contributed by atoms with Crippen LogP contribution in [0.2, 0.25) is 0 Å². The number of hydrogen-bond donors (Lipinski definition) is 1. The second-order valence-corrected chi connectivity index (χ2v) is 8.80. The lowest BCUT2D eigenvalue weighted by atomic mass is 10.1. The molecular weight excluding hydrogens is 345 g/mol. The maximum Gasteiger partial charge on any atom is 0.276 e. The molecule has 8 heteroatoms. The Kier molecular flexibility index (Phi) is 4.64. The standard InChI is InChI=1S/C17H20FN3O3S/c1-11(2)16-9-15(17(22)19-13-5-3-12(18)4-6-13)20-21(16)14-7-8-25(23,24)10-14/h3-6,9,11,14H,7-8,10H2,1-2H3,(H,19,22)/t14-/m0/s1. The number of anilines is 1. The van der Waals surface area contributed by atoms with Crippen LogP contribution in [0.5, 0.6) is 0 Å². The second-order valence-electron chi connectivity index (χ2n) is 6.57. The molecule has 6 nitrogen and oxygen atoms in total. The van der Waals surface area contributed by atoms with Crippen LogP contribution in [0, 0.1) is 5.82 Å². The van der Waals surface area contributed by atoms with Crippen molar-refractivity contribution in [1.82, 2.24) is 9.78 Å². The van der Waals surface area contributed by atoms with E-state index in [-0.39, 0.29) is 35.0 Å². The minimum Gasteiger partial charge on any atom is -0.321 e. The summed E-state index contributed by atoms with van der Waals surface area (Å²) in [5, 5.41) is 7.03. The summed E-state index contributed by atoms with van der Waals surface area (Å²) in [6.07, 6.45) is 0.503. The first kappa shape index (κ1) is 17.6. The lowest BCUT2D eigenvalue weighted by Crippen LogP contribution is -2.17. The van der Waals surface area contributed by atoms with Crippen molar-refractivity contribution >= 4 is 21.4 Å². The van der Waals surface area contributed by atoms with Gasteiger partial charge in [-0.2, -0.15) is 5.10 Å². The first-order valence-electron chi connectivity index (χ1n) is 8.12. The summed E-state index contributed by atoms with van der Waals surface area (Å²) in [7, 11) is -3.05. The highest BCUT2D eigenvalue weighted by molar-refractivity contribution is 7.91. The van der Waals surface area contributed by atoms with Crippen LogP contribution in [-0.2, 0) is 9.84 Å². The molecule has 0 saturated carbocycles. The molecule has 0 radical (unpaired) electrons. The molecule has 3 rings (SSSR count). The zero-order valence-electron chi connectivity index (χ0n) is 14.1. The Balaban J connectivity index is 1.86. The highest BCUT2D eigenvalue weighted by Crippen LogP contribution is 2.28. The van der Waals surface area contributed by atoms with Gasteiger partial charge in [0.2, 0.25) is 0 Å². The summed E-state index contributed by atoms with van der Waals surface area (Å²) in [4.78, 5) is 12.4. The molecular formula is C17H20FN3O3S. The van der Waals surface area contributed by atoms with Gasteiger partial charge in [0.25, 0.3) is 5.91 Å². The first-order chi connectivity index (χ1) is 11.7. The van der Waals surface area contributed by atoms with Crippen molar-refractivity contribution < 1.29 is 17.6 Å². The van der Waals surface area contributed by atoms with Gasteiger partial charge >= 0.3 is 0 Å². The molecule has 1 aromatic carbocycles. The van der Waals surface area contributed by atoms with Crippen LogP contribution >= 0.6 is 0 Å². The molecule has 0 bridgehead atoms. The predicted octanol–water partition coefficient (Wildman–Crippen LogP) is 2.76. The number of carbonyl (C=O) groups excluding carboxylic acids is 1. The third kappa shape index (κ3) is 3.89. The van der Waals surface area contributed by atoms with E-state index in [4.69, 9.17) is 0 Å². The average molecular weight is 365 g/mol. The molecule has 0 unspecified atom stereocenters. The Morgan fingerprint density at radius 2 is 2.00 bits per heavy atom. The second kappa shape index (κ2) is 6.59. The average Bonchev–Trinajstić information content (AvgIpc) is 3.13. The van der Waals surface area contributed by atoms with Gasteiger partial charge < -0.3 is 5.32 Å². The topological polar surface area (TPSA) is 81.1 Å². The van der Waals surface area contributed by atoms with E-state index in [1.165, 1.54) is 24.3 Å². The summed E-state index contributed by atoms with van der Waals surface area (Å²) < 4.78 is 38.1. The first-order valence-corrected chi connectivity index (χ1v) is 9.94. The van der Waals surface area contributed by atoms with E-state index >= 15 is 0 Å². The van der Waals surface area contributed by atoms with Crippen LogP contribution in [0.1, 0.15) is 48.4 Å². The molecule has 2 aromatic rings. The van der Waals surface area contributed by atoms with Gasteiger partial charge in [-0.3, -0.25) is 9.48 Å². The third-order valence-electron chi connectivity index (χ3n) is 4.25. The van der Waals surface area contributed by atoms with Crippen molar-refractivity contribution in [2.75, 3.05) is 16.8 Å². The molecule has 0 spiro atoms. The van der Waals surface area contributed by atoms with Crippen molar-refractivity contribution in [3.05, 3.63) is 47.5 Å². The number of amides is 1. The Morgan fingerprint density at radius 1 is 1.32 bits per heavy atom. The number of aromatic nitrogens is 2. The molecule has 1 fully saturated rings. The number of carbonyl (C=O) groups is 1. The minimum atomic E-state index is -3.05. The fourth-order valence-corrected chi connectivity index (χ4v) is 4.63. The molecule has 134 valence electrons. The van der Waals surface area contributed by atoms with Gasteiger partial charge in [-0.05, 0) is 42.7 Å². The van der Waals surface area contributed by atoms with Crippen LogP contribution in [0.25, 0.3) is 0 Å². The summed E-state index contributed by atoms with van der Waals surface area (Å²) in [6, 6.07) is 6.91. The van der Waals surface area contributed by atoms with Gasteiger partial charge in [-0.15, -0.1) is 0 Å². The smallest absolute Gasteiger partial charge is 0.276 e. The Hall–Kier alpha value is -2.22. The zero-order chi connectivity index (χ0) is 18.2. The van der Waals surface area contributed by atoms with Crippen molar-refractivity contribution in [2.45, 2.75) is 32.2 Å². The molecule has 1 aromatic heterocycles. The van der Waals surface area contributed by atoms with Gasteiger partial charge in [0.15, 0.2) is 15.5 Å². The van der Waals surface area contributed by atoms with E-state index in [9.17, 15) is 17.6 Å². The fraction of sp³-hybridized carbons (Fsp3) is 0.412. The van der Waals surface area contributed by atoms with Crippen molar-refractivity contribution in [3.8, 4) is 0 Å². The maximum absolute atomic E-state index is 13.0. The Labute approximate surface area is 146 Å². The highest BCUT2D eigenvalue weighted by atomic mass is 32.2. The summed E-state index contributed by atoms with van der Waals surface area (Å²) in [5.41, 5.74) is 1.51. The molecule has 1 N–H and O–H groups in total. The largest absolute Gasteiger partial charge is 0.321 e. The van der Waals surface area contributed by atoms with Gasteiger partial charge in [0.1, 0.15) is 5.82 Å². The molecule has 1 atom stereocenters. The number of benzene rings is 1. The van der Waals surface area contributed by atoms with Crippen LogP contribution in [0.15, 0.2) is 30.3 Å². The molecule has 1 saturated heterocycles. The molecule has 0 aliphatic carbocycles. The quantitative estimate of drug-likeness (QED) is 0.903. The van der Waals surface area contributed by atoms with Gasteiger partial charge in [0.05, 0.1) is 17.5 Å². The highest BCUT2D eigenvalue weighted by Gasteiger charge is 2.32. The summed E-state index contributed by atoms with van der Waals surface area (Å²) in [5.74, 6) is -0.498. The number of rotatable bonds is 4. The number of nitrogens with zero attached hydrogens (tertiary/aromatic N) is 2. The Bertz CT molecular complexity index is 888. The van der Waals surface area contributed by atoms with E-state index in [1.54, 1.807) is 10.7 Å². The minimum absolute atomic E-state index is 0.0490. The van der Waals surface area contributed by atoms with Crippen LogP contribution in [-0.4, -0.2) is 35.6 Å². The number of halogens is 1. The van der Waals surface area contributed by atoms with Gasteiger partial charge in [0, 0.05) is 11.4 Å². The van der Waals surface area contributed by atoms with Gasteiger partial charge in [-0.25, -0.2) is 12.8 Å². The van der Waals surface area contributed by atoms with Crippen molar-refractivity contribution in [3.63, 3.8) is 0 Å². The lowest BCUT2D eigenvalue weighted by molar-refractivity contribution is 0.102. The number of hydrogen-bond acceptors (Lipinski definition) is 4. The van der Waals surface area contributed by atoms with E-state index in [2.05, 4.69) is 10.4 Å². The fourth-order valence-electron chi connectivity index (χ4n) is 2.94. The molecule has 1 aliphatic heterocycles. The van der Waals surface area contributed by atoms with E-state index in [0.717, 1.165) is 5.69 Å². The van der Waals surface area contributed by atoms with Gasteiger partial charge in [-0.1, -0.05) is 13.8 Å².